The highest BCUT2D eigenvalue weighted by Gasteiger charge is 2.52. The minimum atomic E-state index is -0.515. The minimum Gasteiger partial charge on any atom is -0.455 e. The highest BCUT2D eigenvalue weighted by molar-refractivity contribution is 6.66. The van der Waals surface area contributed by atoms with Crippen molar-refractivity contribution in [2.24, 2.45) is 0 Å². The molecule has 0 atom stereocenters. The van der Waals surface area contributed by atoms with Crippen LogP contribution < -0.4 is 5.46 Å². The molecule has 10 nitrogen and oxygen atoms in total. The normalized spacial score (nSPS) is 12.9. The number of aromatic nitrogens is 6. The van der Waals surface area contributed by atoms with Crippen LogP contribution in [0.4, 0.5) is 0 Å². The van der Waals surface area contributed by atoms with E-state index in [2.05, 4.69) is 243 Å². The van der Waals surface area contributed by atoms with Gasteiger partial charge in [0.15, 0.2) is 29.1 Å². The zero-order chi connectivity index (χ0) is 73.1. The monoisotopic (exact) mass is 1420 g/mol. The van der Waals surface area contributed by atoms with Crippen molar-refractivity contribution in [3.63, 3.8) is 0 Å². The van der Waals surface area contributed by atoms with E-state index >= 15 is 0 Å². The lowest BCUT2D eigenvalue weighted by Crippen LogP contribution is -2.41. The van der Waals surface area contributed by atoms with Crippen molar-refractivity contribution in [2.45, 2.75) is 38.9 Å². The third-order valence-corrected chi connectivity index (χ3v) is 20.3. The van der Waals surface area contributed by atoms with E-state index in [1.54, 1.807) is 0 Å². The van der Waals surface area contributed by atoms with Crippen molar-refractivity contribution < 1.29 is 18.1 Å². The molecule has 0 unspecified atom stereocenters. The first-order valence-corrected chi connectivity index (χ1v) is 36.5. The lowest BCUT2D eigenvalue weighted by molar-refractivity contribution is 0.00578. The number of nitrogens with zero attached hydrogens (tertiary/aromatic N) is 6. The van der Waals surface area contributed by atoms with Gasteiger partial charge < -0.3 is 18.1 Å². The van der Waals surface area contributed by atoms with Crippen LogP contribution in [0.3, 0.4) is 0 Å². The molecule has 0 radical (unpaired) electrons. The molecule has 108 heavy (non-hydrogen) atoms. The Balaban J connectivity index is 0.000000129. The van der Waals surface area contributed by atoms with Crippen LogP contribution in [0.2, 0.25) is 5.28 Å². The average molecular weight is 1420 g/mol. The molecule has 0 saturated carbocycles. The van der Waals surface area contributed by atoms with E-state index in [1.165, 1.54) is 0 Å². The van der Waals surface area contributed by atoms with Crippen LogP contribution in [-0.4, -0.2) is 48.2 Å². The summed E-state index contributed by atoms with van der Waals surface area (Å²) in [6.45, 7) is 8.38. The van der Waals surface area contributed by atoms with Crippen LogP contribution in [0.1, 0.15) is 27.7 Å². The molecule has 5 heterocycles. The number of benzene rings is 14. The summed E-state index contributed by atoms with van der Waals surface area (Å²) >= 11 is 5.99. The molecule has 1 aliphatic heterocycles. The number of hydrogen-bond acceptors (Lipinski definition) is 10. The molecule has 0 aliphatic carbocycles. The van der Waals surface area contributed by atoms with E-state index < -0.39 is 18.3 Å². The molecule has 19 rings (SSSR count). The second-order valence-electron chi connectivity index (χ2n) is 27.6. The molecule has 0 spiro atoms. The van der Waals surface area contributed by atoms with Crippen LogP contribution >= 0.6 is 11.6 Å². The van der Waals surface area contributed by atoms with Crippen molar-refractivity contribution in [1.29, 1.82) is 0 Å². The molecule has 0 N–H and O–H groups in total. The molecule has 0 bridgehead atoms. The third-order valence-electron chi connectivity index (χ3n) is 20.1. The van der Waals surface area contributed by atoms with Crippen molar-refractivity contribution in [3.8, 4) is 124 Å². The van der Waals surface area contributed by atoms with Gasteiger partial charge in [-0.1, -0.05) is 315 Å². The number of halogens is 1. The quantitative estimate of drug-likeness (QED) is 0.109. The van der Waals surface area contributed by atoms with Gasteiger partial charge in [-0.25, -0.2) is 19.9 Å². The Hall–Kier alpha value is -13.0. The van der Waals surface area contributed by atoms with Gasteiger partial charge in [0, 0.05) is 71.6 Å². The summed E-state index contributed by atoms with van der Waals surface area (Å²) in [5.41, 5.74) is 21.1. The Morgan fingerprint density at radius 3 is 0.861 bits per heavy atom. The van der Waals surface area contributed by atoms with Crippen LogP contribution in [0.25, 0.3) is 168 Å². The highest BCUT2D eigenvalue weighted by atomic mass is 35.5. The summed E-state index contributed by atoms with van der Waals surface area (Å²) in [4.78, 5) is 28.0. The first kappa shape index (κ1) is 68.1. The first-order chi connectivity index (χ1) is 52.9. The van der Waals surface area contributed by atoms with Gasteiger partial charge in [-0.3, -0.25) is 0 Å². The van der Waals surface area contributed by atoms with Gasteiger partial charge in [0.1, 0.15) is 22.3 Å². The van der Waals surface area contributed by atoms with Gasteiger partial charge in [0.05, 0.1) is 11.2 Å². The predicted molar refractivity (Wildman–Crippen MR) is 441 cm³/mol. The fraction of sp³-hybridized carbons (Fsp3) is 0.0625. The standard InChI is InChI=1S/C45H29N3O.C36H31BO3.C15H10ClN3/c1-6-16-30(17-7-1)35-28-38(32-20-10-3-11-21-32)41-39(29-35)40-37(27-26-36(42(40)49-41)31-18-8-2-9-19-31)45-47-43(33-22-12-4-13-23-33)46-44(48-45)34-24-14-5-15-25-34;1-35(2)36(3,4)40-37(39-35)31-21-20-28(25-16-10-6-11-17-25)34-32(31)30-23-27(24-14-8-5-9-15-24)22-29(33(30)38-34)26-18-12-7-13-19-26;16-15-18-13(11-7-3-1-4-8-11)17-14(19-15)12-9-5-2-6-10-12/h1-29H;5-23H,1-4H3;1-10H. The summed E-state index contributed by atoms with van der Waals surface area (Å²) in [5, 5.41) is 4.26. The number of hydrogen-bond donors (Lipinski definition) is 0. The van der Waals surface area contributed by atoms with Crippen LogP contribution in [0.15, 0.2) is 361 Å². The number of fused-ring (bicyclic) bond motifs is 6. The maximum atomic E-state index is 7.04. The first-order valence-electron chi connectivity index (χ1n) is 36.1. The van der Waals surface area contributed by atoms with Gasteiger partial charge in [-0.05, 0) is 126 Å². The van der Waals surface area contributed by atoms with Crippen LogP contribution in [0.5, 0.6) is 0 Å². The minimum absolute atomic E-state index is 0.202. The summed E-state index contributed by atoms with van der Waals surface area (Å²) in [5.74, 6) is 2.99. The summed E-state index contributed by atoms with van der Waals surface area (Å²) in [7, 11) is -0.515. The average Bonchev–Trinajstić information content (AvgIpc) is 1.57. The highest BCUT2D eigenvalue weighted by Crippen LogP contribution is 2.48. The molecule has 518 valence electrons. The van der Waals surface area contributed by atoms with E-state index in [9.17, 15) is 0 Å². The molecule has 1 saturated heterocycles. The fourth-order valence-corrected chi connectivity index (χ4v) is 14.2. The van der Waals surface area contributed by atoms with Crippen molar-refractivity contribution >= 4 is 68.1 Å². The van der Waals surface area contributed by atoms with Crippen LogP contribution in [0, 0.1) is 0 Å². The molecule has 1 aliphatic rings. The Morgan fingerprint density at radius 2 is 0.509 bits per heavy atom. The topological polar surface area (TPSA) is 122 Å². The van der Waals surface area contributed by atoms with Gasteiger partial charge >= 0.3 is 7.12 Å². The second kappa shape index (κ2) is 29.5. The third kappa shape index (κ3) is 13.7. The molecular formula is C96H70BClN6O4. The molecule has 14 aromatic carbocycles. The Labute approximate surface area is 631 Å². The zero-order valence-electron chi connectivity index (χ0n) is 59.8. The SMILES string of the molecule is CC1(C)OB(c2ccc(-c3ccccc3)c3oc4c(-c5ccccc5)cc(-c5ccccc5)cc4c23)OC1(C)C.Clc1nc(-c2ccccc2)nc(-c2ccccc2)n1.c1ccc(-c2cc(-c3ccccc3)c3oc4c(-c5ccccc5)ccc(-c5nc(-c6ccccc6)nc(-c6ccccc6)n5)c4c3c2)cc1. The molecule has 0 amide bonds. The number of rotatable bonds is 12. The second-order valence-corrected chi connectivity index (χ2v) is 27.9. The zero-order valence-corrected chi connectivity index (χ0v) is 60.5. The van der Waals surface area contributed by atoms with Gasteiger partial charge in [0.25, 0.3) is 0 Å². The van der Waals surface area contributed by atoms with Crippen LogP contribution in [-0.2, 0) is 9.31 Å². The lowest BCUT2D eigenvalue weighted by Gasteiger charge is -2.32. The van der Waals surface area contributed by atoms with Gasteiger partial charge in [-0.15, -0.1) is 0 Å². The Kier molecular flexibility index (Phi) is 18.6. The Bertz CT molecular complexity index is 6090. The fourth-order valence-electron chi connectivity index (χ4n) is 14.0. The Morgan fingerprint density at radius 1 is 0.241 bits per heavy atom. The van der Waals surface area contributed by atoms with Gasteiger partial charge in [0.2, 0.25) is 5.28 Å². The molecule has 1 fully saturated rings. The predicted octanol–water partition coefficient (Wildman–Crippen LogP) is 24.5. The van der Waals surface area contributed by atoms with E-state index in [4.69, 9.17) is 44.7 Å². The summed E-state index contributed by atoms with van der Waals surface area (Å²) < 4.78 is 27.1. The molecular weight excluding hydrogens is 1350 g/mol. The summed E-state index contributed by atoms with van der Waals surface area (Å²) in [6, 6.07) is 120. The molecule has 18 aromatic rings. The van der Waals surface area contributed by atoms with E-state index in [1.807, 2.05) is 152 Å². The smallest absolute Gasteiger partial charge is 0.455 e. The number of furan rings is 2. The largest absolute Gasteiger partial charge is 0.495 e. The summed E-state index contributed by atoms with van der Waals surface area (Å²) in [6.07, 6.45) is 0. The van der Waals surface area contributed by atoms with E-state index in [0.717, 1.165) is 144 Å². The van der Waals surface area contributed by atoms with Crippen molar-refractivity contribution in [1.82, 2.24) is 29.9 Å². The van der Waals surface area contributed by atoms with E-state index in [0.29, 0.717) is 29.1 Å². The molecule has 4 aromatic heterocycles. The maximum Gasteiger partial charge on any atom is 0.495 e. The van der Waals surface area contributed by atoms with Crippen molar-refractivity contribution in [2.75, 3.05) is 0 Å². The van der Waals surface area contributed by atoms with Gasteiger partial charge in [-0.2, -0.15) is 9.97 Å². The lowest BCUT2D eigenvalue weighted by atomic mass is 9.75. The molecule has 12 heteroatoms. The van der Waals surface area contributed by atoms with E-state index in [-0.39, 0.29) is 5.28 Å². The van der Waals surface area contributed by atoms with Crippen molar-refractivity contribution in [3.05, 3.63) is 357 Å². The maximum absolute atomic E-state index is 7.04.